The van der Waals surface area contributed by atoms with Gasteiger partial charge in [0.1, 0.15) is 0 Å². The smallest absolute Gasteiger partial charge is 0.265 e. The molecule has 0 bridgehead atoms. The first-order valence-electron chi connectivity index (χ1n) is 4.76. The average molecular weight is 220 g/mol. The van der Waals surface area contributed by atoms with Crippen molar-refractivity contribution in [3.8, 4) is 0 Å². The monoisotopic (exact) mass is 220 g/mol. The van der Waals surface area contributed by atoms with Crippen molar-refractivity contribution in [1.29, 1.82) is 0 Å². The van der Waals surface area contributed by atoms with Crippen molar-refractivity contribution in [3.63, 3.8) is 0 Å². The summed E-state index contributed by atoms with van der Waals surface area (Å²) in [4.78, 5) is 14.0. The number of hydrogen-bond acceptors (Lipinski definition) is 7. The predicted molar refractivity (Wildman–Crippen MR) is 58.0 cm³/mol. The molecule has 0 aliphatic rings. The van der Waals surface area contributed by atoms with Crippen LogP contribution in [0.4, 0.5) is 11.9 Å². The Bertz CT molecular complexity index is 440. The van der Waals surface area contributed by atoms with Gasteiger partial charge in [0.2, 0.25) is 11.8 Å². The minimum Gasteiger partial charge on any atom is -0.345 e. The van der Waals surface area contributed by atoms with Gasteiger partial charge in [-0.05, 0) is 11.2 Å². The first-order chi connectivity index (χ1) is 7.75. The molecule has 16 heavy (non-hydrogen) atoms. The number of aromatic nitrogens is 4. The number of rotatable bonds is 4. The quantitative estimate of drug-likeness (QED) is 0.805. The molecule has 0 fully saturated rings. The van der Waals surface area contributed by atoms with E-state index in [1.54, 1.807) is 23.4 Å². The van der Waals surface area contributed by atoms with Gasteiger partial charge in [-0.2, -0.15) is 4.98 Å². The minimum atomic E-state index is 0.408. The Kier molecular flexibility index (Phi) is 2.95. The Morgan fingerprint density at radius 3 is 2.69 bits per heavy atom. The highest BCUT2D eigenvalue weighted by Crippen LogP contribution is 2.06. The third-order valence-corrected chi connectivity index (χ3v) is 1.82. The molecular formula is C9H12N6O. The summed E-state index contributed by atoms with van der Waals surface area (Å²) >= 11 is 0. The Hall–Kier alpha value is -2.18. The van der Waals surface area contributed by atoms with Crippen molar-refractivity contribution in [1.82, 2.24) is 20.1 Å². The van der Waals surface area contributed by atoms with E-state index < -0.39 is 0 Å². The molecule has 2 rings (SSSR count). The van der Waals surface area contributed by atoms with Crippen LogP contribution in [0.25, 0.3) is 0 Å². The zero-order chi connectivity index (χ0) is 11.4. The molecule has 0 unspecified atom stereocenters. The van der Waals surface area contributed by atoms with E-state index in [9.17, 15) is 0 Å². The normalized spacial score (nSPS) is 10.1. The first kappa shape index (κ1) is 10.3. The van der Waals surface area contributed by atoms with Crippen LogP contribution in [-0.2, 0) is 6.54 Å². The van der Waals surface area contributed by atoms with Gasteiger partial charge in [-0.3, -0.25) is 0 Å². The molecule has 7 nitrogen and oxygen atoms in total. The van der Waals surface area contributed by atoms with Crippen molar-refractivity contribution < 1.29 is 4.52 Å². The Balaban J connectivity index is 1.95. The second kappa shape index (κ2) is 4.56. The van der Waals surface area contributed by atoms with Crippen molar-refractivity contribution in [2.75, 3.05) is 24.3 Å². The van der Waals surface area contributed by atoms with Crippen LogP contribution in [-0.4, -0.2) is 34.2 Å². The second-order valence-electron chi connectivity index (χ2n) is 3.31. The molecule has 0 atom stereocenters. The first-order valence-corrected chi connectivity index (χ1v) is 4.76. The molecule has 2 heterocycles. The van der Waals surface area contributed by atoms with Crippen LogP contribution in [0.1, 0.15) is 5.89 Å². The lowest BCUT2D eigenvalue weighted by Crippen LogP contribution is -2.10. The van der Waals surface area contributed by atoms with Gasteiger partial charge in [0.15, 0.2) is 0 Å². The lowest BCUT2D eigenvalue weighted by atomic mass is 10.6. The fourth-order valence-corrected chi connectivity index (χ4v) is 1.04. The van der Waals surface area contributed by atoms with Gasteiger partial charge in [0.05, 0.1) is 6.54 Å². The van der Waals surface area contributed by atoms with Crippen molar-refractivity contribution in [3.05, 3.63) is 24.4 Å². The lowest BCUT2D eigenvalue weighted by molar-refractivity contribution is 0.383. The summed E-state index contributed by atoms with van der Waals surface area (Å²) in [5.74, 6) is 1.58. The van der Waals surface area contributed by atoms with Crippen LogP contribution in [0, 0.1) is 0 Å². The molecule has 2 aromatic heterocycles. The maximum atomic E-state index is 5.03. The maximum Gasteiger partial charge on any atom is 0.265 e. The summed E-state index contributed by atoms with van der Waals surface area (Å²) < 4.78 is 5.03. The SMILES string of the molecule is CN(C)c1noc(CNc2ncccn2)n1. The summed E-state index contributed by atoms with van der Waals surface area (Å²) in [6.45, 7) is 0.408. The molecule has 0 aromatic carbocycles. The van der Waals surface area contributed by atoms with E-state index in [1.807, 2.05) is 14.1 Å². The van der Waals surface area contributed by atoms with E-state index in [2.05, 4.69) is 25.4 Å². The van der Waals surface area contributed by atoms with E-state index in [1.165, 1.54) is 0 Å². The standard InChI is InChI=1S/C9H12N6O/c1-15(2)9-13-7(16-14-9)6-12-8-10-4-3-5-11-8/h3-5H,6H2,1-2H3,(H,10,11,12). The van der Waals surface area contributed by atoms with Gasteiger partial charge < -0.3 is 14.7 Å². The molecule has 0 saturated carbocycles. The molecular weight excluding hydrogens is 208 g/mol. The molecule has 0 amide bonds. The average Bonchev–Trinajstić information content (AvgIpc) is 2.76. The van der Waals surface area contributed by atoms with E-state index in [0.717, 1.165) is 0 Å². The van der Waals surface area contributed by atoms with Gasteiger partial charge in [0, 0.05) is 26.5 Å². The molecule has 0 aliphatic heterocycles. The fraction of sp³-hybridized carbons (Fsp3) is 0.333. The van der Waals surface area contributed by atoms with E-state index in [0.29, 0.717) is 24.3 Å². The Labute approximate surface area is 92.5 Å². The Morgan fingerprint density at radius 2 is 2.06 bits per heavy atom. The predicted octanol–water partition coefficient (Wildman–Crippen LogP) is 0.538. The van der Waals surface area contributed by atoms with E-state index >= 15 is 0 Å². The highest BCUT2D eigenvalue weighted by molar-refractivity contribution is 5.26. The van der Waals surface area contributed by atoms with Gasteiger partial charge in [0.25, 0.3) is 5.95 Å². The topological polar surface area (TPSA) is 80.0 Å². The van der Waals surface area contributed by atoms with Crippen molar-refractivity contribution in [2.45, 2.75) is 6.54 Å². The summed E-state index contributed by atoms with van der Waals surface area (Å²) in [6, 6.07) is 1.75. The zero-order valence-corrected chi connectivity index (χ0v) is 9.08. The van der Waals surface area contributed by atoms with Crippen LogP contribution < -0.4 is 10.2 Å². The van der Waals surface area contributed by atoms with E-state index in [4.69, 9.17) is 4.52 Å². The molecule has 7 heteroatoms. The number of anilines is 2. The van der Waals surface area contributed by atoms with Crippen LogP contribution in [0.3, 0.4) is 0 Å². The summed E-state index contributed by atoms with van der Waals surface area (Å²) in [6.07, 6.45) is 3.32. The third-order valence-electron chi connectivity index (χ3n) is 1.82. The van der Waals surface area contributed by atoms with E-state index in [-0.39, 0.29) is 0 Å². The highest BCUT2D eigenvalue weighted by Gasteiger charge is 2.07. The van der Waals surface area contributed by atoms with Gasteiger partial charge in [-0.1, -0.05) is 0 Å². The van der Waals surface area contributed by atoms with Crippen molar-refractivity contribution in [2.24, 2.45) is 0 Å². The lowest BCUT2D eigenvalue weighted by Gasteiger charge is -2.02. The summed E-state index contributed by atoms with van der Waals surface area (Å²) in [7, 11) is 3.70. The molecule has 0 aliphatic carbocycles. The minimum absolute atomic E-state index is 0.408. The van der Waals surface area contributed by atoms with Crippen LogP contribution in [0.15, 0.2) is 23.0 Å². The zero-order valence-electron chi connectivity index (χ0n) is 9.08. The molecule has 0 spiro atoms. The van der Waals surface area contributed by atoms with Crippen LogP contribution in [0.2, 0.25) is 0 Å². The fourth-order valence-electron chi connectivity index (χ4n) is 1.04. The number of nitrogens with one attached hydrogen (secondary N) is 1. The van der Waals surface area contributed by atoms with Crippen LogP contribution in [0.5, 0.6) is 0 Å². The molecule has 0 radical (unpaired) electrons. The molecule has 1 N–H and O–H groups in total. The summed E-state index contributed by atoms with van der Waals surface area (Å²) in [5, 5.41) is 6.76. The van der Waals surface area contributed by atoms with Crippen LogP contribution >= 0.6 is 0 Å². The van der Waals surface area contributed by atoms with Gasteiger partial charge >= 0.3 is 0 Å². The molecule has 0 saturated heterocycles. The number of hydrogen-bond donors (Lipinski definition) is 1. The maximum absolute atomic E-state index is 5.03. The molecule has 2 aromatic rings. The summed E-state index contributed by atoms with van der Waals surface area (Å²) in [5.41, 5.74) is 0. The second-order valence-corrected chi connectivity index (χ2v) is 3.31. The van der Waals surface area contributed by atoms with Gasteiger partial charge in [-0.15, -0.1) is 0 Å². The number of nitrogens with zero attached hydrogens (tertiary/aromatic N) is 5. The Morgan fingerprint density at radius 1 is 1.31 bits per heavy atom. The third kappa shape index (κ3) is 2.44. The highest BCUT2D eigenvalue weighted by atomic mass is 16.5. The largest absolute Gasteiger partial charge is 0.345 e. The van der Waals surface area contributed by atoms with Gasteiger partial charge in [-0.25, -0.2) is 9.97 Å². The van der Waals surface area contributed by atoms with Crippen molar-refractivity contribution >= 4 is 11.9 Å². The molecule has 84 valence electrons.